The fourth-order valence-electron chi connectivity index (χ4n) is 3.19. The van der Waals surface area contributed by atoms with E-state index < -0.39 is 0 Å². The average Bonchev–Trinajstić information content (AvgIpc) is 3.12. The van der Waals surface area contributed by atoms with Gasteiger partial charge in [-0.2, -0.15) is 0 Å². The fraction of sp³-hybridized carbons (Fsp3) is 0.381. The first-order chi connectivity index (χ1) is 12.8. The third-order valence-corrected chi connectivity index (χ3v) is 5.58. The smallest absolute Gasteiger partial charge is 0.446 e. The van der Waals surface area contributed by atoms with Crippen LogP contribution in [0.5, 0.6) is 0 Å². The molecule has 2 heterocycles. The lowest BCUT2D eigenvalue weighted by Gasteiger charge is -2.32. The van der Waals surface area contributed by atoms with Crippen LogP contribution in [-0.2, 0) is 14.0 Å². The molecule has 0 N–H and O–H groups in total. The summed E-state index contributed by atoms with van der Waals surface area (Å²) in [6.07, 6.45) is -0.205. The Morgan fingerprint density at radius 3 is 2.07 bits per heavy atom. The maximum absolute atomic E-state index is 6.12. The second-order valence-electron chi connectivity index (χ2n) is 8.07. The van der Waals surface area contributed by atoms with E-state index in [0.717, 1.165) is 16.6 Å². The van der Waals surface area contributed by atoms with Crippen LogP contribution in [0.3, 0.4) is 0 Å². The van der Waals surface area contributed by atoms with Gasteiger partial charge in [0.1, 0.15) is 0 Å². The Hall–Kier alpha value is -2.31. The Bertz CT molecular complexity index is 833. The van der Waals surface area contributed by atoms with Gasteiger partial charge in [0.15, 0.2) is 0 Å². The van der Waals surface area contributed by atoms with Crippen molar-refractivity contribution in [2.45, 2.75) is 45.1 Å². The summed E-state index contributed by atoms with van der Waals surface area (Å²) in [5.74, 6) is 0.617. The van der Waals surface area contributed by atoms with Gasteiger partial charge in [0.05, 0.1) is 11.2 Å². The van der Waals surface area contributed by atoms with E-state index in [1.54, 1.807) is 0 Å². The monoisotopic (exact) mass is 364 g/mol. The SMILES string of the molecule is CN1N=C(c2ccc(B3OC(C)(C)C(C)(C)O3)cc2)OC1c1ccccc1. The van der Waals surface area contributed by atoms with Crippen molar-refractivity contribution in [1.29, 1.82) is 0 Å². The van der Waals surface area contributed by atoms with Crippen molar-refractivity contribution >= 4 is 18.5 Å². The molecule has 0 spiro atoms. The van der Waals surface area contributed by atoms with Gasteiger partial charge < -0.3 is 14.0 Å². The minimum atomic E-state index is -0.366. The molecular weight excluding hydrogens is 339 g/mol. The van der Waals surface area contributed by atoms with Crippen molar-refractivity contribution in [3.05, 3.63) is 65.7 Å². The van der Waals surface area contributed by atoms with Gasteiger partial charge in [0.25, 0.3) is 0 Å². The maximum Gasteiger partial charge on any atom is 0.494 e. The largest absolute Gasteiger partial charge is 0.494 e. The summed E-state index contributed by atoms with van der Waals surface area (Å²) in [7, 11) is 1.55. The molecule has 0 saturated carbocycles. The second-order valence-corrected chi connectivity index (χ2v) is 8.07. The number of ether oxygens (including phenoxy) is 1. The number of hydrogen-bond acceptors (Lipinski definition) is 5. The van der Waals surface area contributed by atoms with Gasteiger partial charge in [-0.05, 0) is 45.3 Å². The highest BCUT2D eigenvalue weighted by Crippen LogP contribution is 2.36. The molecule has 4 rings (SSSR count). The number of rotatable bonds is 3. The number of hydrogen-bond donors (Lipinski definition) is 0. The molecule has 2 aromatic rings. The van der Waals surface area contributed by atoms with Gasteiger partial charge in [-0.25, -0.2) is 0 Å². The first-order valence-corrected chi connectivity index (χ1v) is 9.26. The molecule has 27 heavy (non-hydrogen) atoms. The van der Waals surface area contributed by atoms with E-state index >= 15 is 0 Å². The molecule has 6 heteroatoms. The molecule has 1 saturated heterocycles. The molecule has 2 aromatic carbocycles. The molecule has 5 nitrogen and oxygen atoms in total. The van der Waals surface area contributed by atoms with Crippen LogP contribution in [0.2, 0.25) is 0 Å². The van der Waals surface area contributed by atoms with Crippen molar-refractivity contribution in [3.63, 3.8) is 0 Å². The van der Waals surface area contributed by atoms with Crippen LogP contribution in [0.15, 0.2) is 59.7 Å². The fourth-order valence-corrected chi connectivity index (χ4v) is 3.19. The van der Waals surface area contributed by atoms with Gasteiger partial charge in [-0.1, -0.05) is 42.5 Å². The van der Waals surface area contributed by atoms with Crippen LogP contribution in [0.1, 0.15) is 45.0 Å². The lowest BCUT2D eigenvalue weighted by Crippen LogP contribution is -2.41. The predicted octanol–water partition coefficient (Wildman–Crippen LogP) is 3.31. The molecule has 1 fully saturated rings. The Morgan fingerprint density at radius 1 is 0.889 bits per heavy atom. The topological polar surface area (TPSA) is 43.3 Å². The lowest BCUT2D eigenvalue weighted by molar-refractivity contribution is 0.00578. The van der Waals surface area contributed by atoms with Gasteiger partial charge in [-0.3, -0.25) is 5.01 Å². The van der Waals surface area contributed by atoms with Crippen LogP contribution in [-0.4, -0.2) is 36.3 Å². The molecule has 2 aliphatic rings. The second kappa shape index (κ2) is 6.39. The molecule has 0 aromatic heterocycles. The van der Waals surface area contributed by atoms with Gasteiger partial charge in [0.2, 0.25) is 12.1 Å². The Balaban J connectivity index is 1.50. The van der Waals surface area contributed by atoms with Gasteiger partial charge in [0, 0.05) is 18.2 Å². The average molecular weight is 364 g/mol. The maximum atomic E-state index is 6.12. The summed E-state index contributed by atoms with van der Waals surface area (Å²) in [4.78, 5) is 0. The molecule has 1 atom stereocenters. The minimum Gasteiger partial charge on any atom is -0.446 e. The van der Waals surface area contributed by atoms with Crippen molar-refractivity contribution < 1.29 is 14.0 Å². The molecular formula is C21H25BN2O3. The number of benzene rings is 2. The summed E-state index contributed by atoms with van der Waals surface area (Å²) in [5, 5.41) is 6.40. The molecule has 0 amide bonds. The zero-order valence-electron chi connectivity index (χ0n) is 16.5. The third kappa shape index (κ3) is 3.24. The van der Waals surface area contributed by atoms with Crippen LogP contribution in [0.4, 0.5) is 0 Å². The Labute approximate surface area is 161 Å². The Kier molecular flexibility index (Phi) is 4.28. The molecule has 140 valence electrons. The zero-order chi connectivity index (χ0) is 19.2. The highest BCUT2D eigenvalue weighted by atomic mass is 16.7. The minimum absolute atomic E-state index is 0.205. The summed E-state index contributed by atoms with van der Waals surface area (Å²) in [5.41, 5.74) is 2.30. The summed E-state index contributed by atoms with van der Waals surface area (Å²) in [6, 6.07) is 18.1. The van der Waals surface area contributed by atoms with E-state index in [1.165, 1.54) is 0 Å². The number of hydrazone groups is 1. The van der Waals surface area contributed by atoms with Gasteiger partial charge >= 0.3 is 7.12 Å². The molecule has 2 aliphatic heterocycles. The first-order valence-electron chi connectivity index (χ1n) is 9.26. The van der Waals surface area contributed by atoms with E-state index in [1.807, 2.05) is 66.7 Å². The third-order valence-electron chi connectivity index (χ3n) is 5.58. The normalized spacial score (nSPS) is 23.3. The van der Waals surface area contributed by atoms with Crippen molar-refractivity contribution in [2.75, 3.05) is 7.05 Å². The van der Waals surface area contributed by atoms with E-state index in [2.05, 4.69) is 32.8 Å². The van der Waals surface area contributed by atoms with Crippen LogP contribution >= 0.6 is 0 Å². The lowest BCUT2D eigenvalue weighted by atomic mass is 9.79. The van der Waals surface area contributed by atoms with E-state index in [-0.39, 0.29) is 24.5 Å². The molecule has 0 bridgehead atoms. The summed E-state index contributed by atoms with van der Waals surface area (Å²) >= 11 is 0. The van der Waals surface area contributed by atoms with E-state index in [9.17, 15) is 0 Å². The van der Waals surface area contributed by atoms with Crippen LogP contribution in [0.25, 0.3) is 0 Å². The molecule has 1 unspecified atom stereocenters. The van der Waals surface area contributed by atoms with Crippen molar-refractivity contribution in [1.82, 2.24) is 5.01 Å². The summed E-state index contributed by atoms with van der Waals surface area (Å²) < 4.78 is 18.3. The van der Waals surface area contributed by atoms with Crippen molar-refractivity contribution in [3.8, 4) is 0 Å². The van der Waals surface area contributed by atoms with Crippen molar-refractivity contribution in [2.24, 2.45) is 5.10 Å². The standard InChI is InChI=1S/C21H25BN2O3/c1-20(2)21(3,4)27-22(26-20)17-13-11-15(12-14-17)18-23-24(5)19(25-18)16-9-7-6-8-10-16/h6-14,19H,1-5H3. The van der Waals surface area contributed by atoms with Gasteiger partial charge in [-0.15, -0.1) is 5.10 Å². The zero-order valence-corrected chi connectivity index (χ0v) is 16.5. The van der Waals surface area contributed by atoms with Crippen LogP contribution in [0, 0.1) is 0 Å². The highest BCUT2D eigenvalue weighted by Gasteiger charge is 2.51. The molecule has 0 aliphatic carbocycles. The predicted molar refractivity (Wildman–Crippen MR) is 107 cm³/mol. The quantitative estimate of drug-likeness (QED) is 0.784. The van der Waals surface area contributed by atoms with Crippen LogP contribution < -0.4 is 5.46 Å². The highest BCUT2D eigenvalue weighted by molar-refractivity contribution is 6.62. The number of nitrogens with zero attached hydrogens (tertiary/aromatic N) is 2. The first kappa shape index (κ1) is 18.1. The van der Waals surface area contributed by atoms with E-state index in [0.29, 0.717) is 5.90 Å². The molecule has 0 radical (unpaired) electrons. The van der Waals surface area contributed by atoms with E-state index in [4.69, 9.17) is 14.0 Å². The summed E-state index contributed by atoms with van der Waals surface area (Å²) in [6.45, 7) is 8.23. The Morgan fingerprint density at radius 2 is 1.48 bits per heavy atom.